The van der Waals surface area contributed by atoms with Gasteiger partial charge in [-0.05, 0) is 26.0 Å². The first-order chi connectivity index (χ1) is 8.65. The van der Waals surface area contributed by atoms with Gasteiger partial charge in [-0.25, -0.2) is 0 Å². The normalized spacial score (nSPS) is 13.4. The summed E-state index contributed by atoms with van der Waals surface area (Å²) in [6.07, 6.45) is 0. The van der Waals surface area contributed by atoms with E-state index in [0.717, 1.165) is 17.8 Å². The molecule has 5 nitrogen and oxygen atoms in total. The number of anilines is 1. The van der Waals surface area contributed by atoms with Crippen molar-refractivity contribution >= 4 is 11.5 Å². The molecule has 1 aromatic carbocycles. The Balaban J connectivity index is 3.13. The predicted octanol–water partition coefficient (Wildman–Crippen LogP) is 1.64. The summed E-state index contributed by atoms with van der Waals surface area (Å²) in [7, 11) is 1.68. The number of amidine groups is 1. The Morgan fingerprint density at radius 2 is 2.17 bits per heavy atom. The van der Waals surface area contributed by atoms with Gasteiger partial charge in [0.25, 0.3) is 0 Å². The van der Waals surface area contributed by atoms with E-state index in [0.29, 0.717) is 6.61 Å². The van der Waals surface area contributed by atoms with Crippen molar-refractivity contribution in [1.29, 1.82) is 0 Å². The fraction of sp³-hybridized carbons (Fsp3) is 0.462. The molecule has 1 atom stereocenters. The second kappa shape index (κ2) is 6.86. The molecule has 0 saturated heterocycles. The van der Waals surface area contributed by atoms with Gasteiger partial charge >= 0.3 is 0 Å². The van der Waals surface area contributed by atoms with E-state index in [2.05, 4.69) is 23.9 Å². The van der Waals surface area contributed by atoms with Crippen molar-refractivity contribution in [2.45, 2.75) is 19.9 Å². The number of likely N-dealkylation sites (N-methyl/N-ethyl adjacent to an activating group) is 1. The van der Waals surface area contributed by atoms with E-state index < -0.39 is 0 Å². The SMILES string of the molecule is CCN(c1ccccc1C(N)=NO)C(C)COC. The third kappa shape index (κ3) is 3.13. The molecular weight excluding hydrogens is 230 g/mol. The molecule has 1 aromatic rings. The molecule has 0 heterocycles. The third-order valence-corrected chi connectivity index (χ3v) is 2.88. The van der Waals surface area contributed by atoms with Crippen LogP contribution in [0.5, 0.6) is 0 Å². The lowest BCUT2D eigenvalue weighted by molar-refractivity contribution is 0.182. The monoisotopic (exact) mass is 251 g/mol. The van der Waals surface area contributed by atoms with Crippen LogP contribution in [0.1, 0.15) is 19.4 Å². The van der Waals surface area contributed by atoms with Crippen LogP contribution in [0, 0.1) is 0 Å². The van der Waals surface area contributed by atoms with Gasteiger partial charge in [0, 0.05) is 30.9 Å². The van der Waals surface area contributed by atoms with Gasteiger partial charge < -0.3 is 20.6 Å². The fourth-order valence-corrected chi connectivity index (χ4v) is 2.05. The summed E-state index contributed by atoms with van der Waals surface area (Å²) in [4.78, 5) is 2.16. The number of oxime groups is 1. The first-order valence-electron chi connectivity index (χ1n) is 5.98. The Kier molecular flexibility index (Phi) is 5.45. The van der Waals surface area contributed by atoms with Crippen LogP contribution in [0.15, 0.2) is 29.4 Å². The van der Waals surface area contributed by atoms with Crippen LogP contribution in [0.3, 0.4) is 0 Å². The van der Waals surface area contributed by atoms with E-state index in [9.17, 15) is 0 Å². The topological polar surface area (TPSA) is 71.1 Å². The summed E-state index contributed by atoms with van der Waals surface area (Å²) >= 11 is 0. The van der Waals surface area contributed by atoms with Crippen molar-refractivity contribution in [3.8, 4) is 0 Å². The van der Waals surface area contributed by atoms with Gasteiger partial charge in [0.2, 0.25) is 0 Å². The van der Waals surface area contributed by atoms with Crippen LogP contribution in [-0.2, 0) is 4.74 Å². The highest BCUT2D eigenvalue weighted by Crippen LogP contribution is 2.22. The molecule has 1 rings (SSSR count). The van der Waals surface area contributed by atoms with Crippen molar-refractivity contribution in [2.24, 2.45) is 10.9 Å². The van der Waals surface area contributed by atoms with Gasteiger partial charge in [0.05, 0.1) is 6.61 Å². The Labute approximate surface area is 108 Å². The molecule has 0 radical (unpaired) electrons. The smallest absolute Gasteiger partial charge is 0.172 e. The molecule has 5 heteroatoms. The number of para-hydroxylation sites is 1. The number of rotatable bonds is 6. The fourth-order valence-electron chi connectivity index (χ4n) is 2.05. The van der Waals surface area contributed by atoms with Gasteiger partial charge in [0.1, 0.15) is 0 Å². The molecule has 0 fully saturated rings. The number of hydrogen-bond donors (Lipinski definition) is 2. The summed E-state index contributed by atoms with van der Waals surface area (Å²) in [6.45, 7) is 5.59. The molecule has 0 aliphatic carbocycles. The van der Waals surface area contributed by atoms with Crippen LogP contribution in [0.4, 0.5) is 5.69 Å². The standard InChI is InChI=1S/C13H21N3O2/c1-4-16(10(2)9-18-3)12-8-6-5-7-11(12)13(14)15-17/h5-8,10,17H,4,9H2,1-3H3,(H2,14,15). The van der Waals surface area contributed by atoms with Crippen molar-refractivity contribution in [3.63, 3.8) is 0 Å². The predicted molar refractivity (Wildman–Crippen MR) is 73.3 cm³/mol. The quantitative estimate of drug-likeness (QED) is 0.349. The zero-order valence-electron chi connectivity index (χ0n) is 11.1. The van der Waals surface area contributed by atoms with Crippen LogP contribution in [0.25, 0.3) is 0 Å². The van der Waals surface area contributed by atoms with E-state index in [1.807, 2.05) is 24.3 Å². The molecule has 0 aliphatic rings. The minimum absolute atomic E-state index is 0.119. The Morgan fingerprint density at radius 3 is 2.72 bits per heavy atom. The van der Waals surface area contributed by atoms with E-state index >= 15 is 0 Å². The zero-order chi connectivity index (χ0) is 13.5. The Morgan fingerprint density at radius 1 is 1.50 bits per heavy atom. The molecule has 3 N–H and O–H groups in total. The van der Waals surface area contributed by atoms with Crippen molar-refractivity contribution in [2.75, 3.05) is 25.2 Å². The number of benzene rings is 1. The van der Waals surface area contributed by atoms with E-state index in [-0.39, 0.29) is 11.9 Å². The highest BCUT2D eigenvalue weighted by atomic mass is 16.5. The minimum atomic E-state index is 0.119. The van der Waals surface area contributed by atoms with Gasteiger partial charge in [-0.2, -0.15) is 0 Å². The van der Waals surface area contributed by atoms with Crippen LogP contribution < -0.4 is 10.6 Å². The summed E-state index contributed by atoms with van der Waals surface area (Å²) in [5, 5.41) is 11.9. The number of ether oxygens (including phenoxy) is 1. The second-order valence-electron chi connectivity index (χ2n) is 4.09. The van der Waals surface area contributed by atoms with Gasteiger partial charge in [-0.1, -0.05) is 17.3 Å². The molecule has 100 valence electrons. The lowest BCUT2D eigenvalue weighted by atomic mass is 10.1. The molecule has 1 unspecified atom stereocenters. The number of nitrogens with two attached hydrogens (primary N) is 1. The van der Waals surface area contributed by atoms with Gasteiger partial charge in [-0.3, -0.25) is 0 Å². The highest BCUT2D eigenvalue weighted by Gasteiger charge is 2.17. The van der Waals surface area contributed by atoms with Crippen molar-refractivity contribution in [3.05, 3.63) is 29.8 Å². The van der Waals surface area contributed by atoms with Crippen LogP contribution >= 0.6 is 0 Å². The van der Waals surface area contributed by atoms with E-state index in [4.69, 9.17) is 15.7 Å². The maximum absolute atomic E-state index is 8.83. The van der Waals surface area contributed by atoms with Crippen molar-refractivity contribution < 1.29 is 9.94 Å². The first kappa shape index (κ1) is 14.3. The van der Waals surface area contributed by atoms with E-state index in [1.165, 1.54) is 0 Å². The Hall–Kier alpha value is -1.75. The van der Waals surface area contributed by atoms with Gasteiger partial charge in [0.15, 0.2) is 5.84 Å². The molecule has 0 bridgehead atoms. The summed E-state index contributed by atoms with van der Waals surface area (Å²) in [5.41, 5.74) is 7.37. The van der Waals surface area contributed by atoms with E-state index in [1.54, 1.807) is 7.11 Å². The second-order valence-corrected chi connectivity index (χ2v) is 4.09. The molecular formula is C13H21N3O2. The number of hydrogen-bond acceptors (Lipinski definition) is 4. The highest BCUT2D eigenvalue weighted by molar-refractivity contribution is 6.02. The third-order valence-electron chi connectivity index (χ3n) is 2.88. The van der Waals surface area contributed by atoms with Crippen molar-refractivity contribution in [1.82, 2.24) is 0 Å². The largest absolute Gasteiger partial charge is 0.409 e. The molecule has 0 spiro atoms. The van der Waals surface area contributed by atoms with Gasteiger partial charge in [-0.15, -0.1) is 0 Å². The average molecular weight is 251 g/mol. The van der Waals surface area contributed by atoms with Crippen LogP contribution in [0.2, 0.25) is 0 Å². The molecule has 0 aromatic heterocycles. The summed E-state index contributed by atoms with van der Waals surface area (Å²) in [6, 6.07) is 7.82. The molecule has 0 saturated carbocycles. The van der Waals surface area contributed by atoms with Crippen LogP contribution in [-0.4, -0.2) is 37.3 Å². The minimum Gasteiger partial charge on any atom is -0.409 e. The Bertz CT molecular complexity index is 407. The summed E-state index contributed by atoms with van der Waals surface area (Å²) < 4.78 is 5.18. The molecule has 0 amide bonds. The average Bonchev–Trinajstić information content (AvgIpc) is 2.39. The maximum atomic E-state index is 8.83. The molecule has 18 heavy (non-hydrogen) atoms. The lowest BCUT2D eigenvalue weighted by Gasteiger charge is -2.31. The summed E-state index contributed by atoms with van der Waals surface area (Å²) in [5.74, 6) is 0.119. The first-order valence-corrected chi connectivity index (χ1v) is 5.98. The number of methoxy groups -OCH3 is 1. The lowest BCUT2D eigenvalue weighted by Crippen LogP contribution is -2.37. The molecule has 0 aliphatic heterocycles. The maximum Gasteiger partial charge on any atom is 0.172 e. The number of nitrogens with zero attached hydrogens (tertiary/aromatic N) is 2. The zero-order valence-corrected chi connectivity index (χ0v) is 11.1.